The molecule has 1 atom stereocenters. The summed E-state index contributed by atoms with van der Waals surface area (Å²) in [6.07, 6.45) is 1.25. The van der Waals surface area contributed by atoms with Gasteiger partial charge in [0.2, 0.25) is 5.95 Å². The Kier molecular flexibility index (Phi) is 4.93. The molecule has 1 unspecified atom stereocenters. The molecule has 0 spiro atoms. The number of rotatable bonds is 5. The fourth-order valence-corrected chi connectivity index (χ4v) is 3.41. The van der Waals surface area contributed by atoms with Gasteiger partial charge in [-0.15, -0.1) is 0 Å². The Balaban J connectivity index is 1.51. The number of nitrogens with one attached hydrogen (secondary N) is 3. The van der Waals surface area contributed by atoms with E-state index < -0.39 is 11.2 Å². The highest BCUT2D eigenvalue weighted by molar-refractivity contribution is 5.94. The summed E-state index contributed by atoms with van der Waals surface area (Å²) in [5.74, 6) is 0.323. The van der Waals surface area contributed by atoms with E-state index in [0.717, 1.165) is 18.4 Å². The zero-order chi connectivity index (χ0) is 20.5. The first-order chi connectivity index (χ1) is 13.9. The third-order valence-corrected chi connectivity index (χ3v) is 5.00. The molecule has 1 aromatic carbocycles. The van der Waals surface area contributed by atoms with Gasteiger partial charge < -0.3 is 19.9 Å². The van der Waals surface area contributed by atoms with Crippen LogP contribution >= 0.6 is 0 Å². The van der Waals surface area contributed by atoms with Crippen LogP contribution in [0, 0.1) is 0 Å². The number of hydrogen-bond donors (Lipinski definition) is 3. The Morgan fingerprint density at radius 3 is 2.90 bits per heavy atom. The molecule has 4 rings (SSSR count). The van der Waals surface area contributed by atoms with Crippen molar-refractivity contribution < 1.29 is 9.53 Å². The lowest BCUT2D eigenvalue weighted by atomic mass is 10.2. The van der Waals surface area contributed by atoms with Gasteiger partial charge in [-0.2, -0.15) is 4.98 Å². The number of anilines is 2. The van der Waals surface area contributed by atoms with Gasteiger partial charge in [-0.05, 0) is 30.5 Å². The van der Waals surface area contributed by atoms with E-state index in [1.54, 1.807) is 18.7 Å². The number of benzene rings is 1. The molecule has 1 amide bonds. The molecule has 3 aromatic rings. The van der Waals surface area contributed by atoms with Crippen molar-refractivity contribution in [1.82, 2.24) is 19.1 Å². The number of fused-ring (bicyclic) bond motifs is 1. The second kappa shape index (κ2) is 7.55. The third-order valence-electron chi connectivity index (χ3n) is 5.00. The molecule has 0 aliphatic carbocycles. The van der Waals surface area contributed by atoms with E-state index in [2.05, 4.69) is 20.6 Å². The molecule has 29 heavy (non-hydrogen) atoms. The minimum atomic E-state index is -0.512. The maximum Gasteiger partial charge on any atom is 0.329 e. The van der Waals surface area contributed by atoms with Gasteiger partial charge in [-0.1, -0.05) is 12.1 Å². The largest absolute Gasteiger partial charge is 0.368 e. The van der Waals surface area contributed by atoms with Crippen molar-refractivity contribution in [2.75, 3.05) is 17.2 Å². The first kappa shape index (κ1) is 18.9. The maximum absolute atomic E-state index is 12.2. The number of carbonyl (C=O) groups excluding carboxylic acids is 1. The molecule has 0 saturated carbocycles. The average Bonchev–Trinajstić information content (AvgIpc) is 3.34. The summed E-state index contributed by atoms with van der Waals surface area (Å²) in [6, 6.07) is 7.46. The number of H-pyrrole nitrogens is 1. The van der Waals surface area contributed by atoms with Gasteiger partial charge in [0.25, 0.3) is 11.5 Å². The number of carbonyl (C=O) groups is 1. The number of amides is 1. The lowest BCUT2D eigenvalue weighted by molar-refractivity contribution is -0.124. The van der Waals surface area contributed by atoms with Crippen molar-refractivity contribution in [2.24, 2.45) is 14.1 Å². The van der Waals surface area contributed by atoms with Crippen LogP contribution in [0.2, 0.25) is 0 Å². The van der Waals surface area contributed by atoms with Crippen LogP contribution in [0.1, 0.15) is 18.4 Å². The van der Waals surface area contributed by atoms with Crippen molar-refractivity contribution >= 4 is 28.7 Å². The summed E-state index contributed by atoms with van der Waals surface area (Å²) in [4.78, 5) is 42.7. The van der Waals surface area contributed by atoms with Gasteiger partial charge in [0, 0.05) is 32.9 Å². The van der Waals surface area contributed by atoms with E-state index in [-0.39, 0.29) is 12.0 Å². The molecule has 3 N–H and O–H groups in total. The molecular formula is C19H22N6O4. The molecule has 2 aromatic heterocycles. The van der Waals surface area contributed by atoms with E-state index in [0.29, 0.717) is 36.0 Å². The van der Waals surface area contributed by atoms with Crippen LogP contribution in [0.25, 0.3) is 11.2 Å². The lowest BCUT2D eigenvalue weighted by Gasteiger charge is -2.12. The van der Waals surface area contributed by atoms with Gasteiger partial charge in [0.15, 0.2) is 11.2 Å². The molecule has 10 nitrogen and oxygen atoms in total. The normalized spacial score (nSPS) is 16.3. The Bertz CT molecular complexity index is 1190. The molecular weight excluding hydrogens is 376 g/mol. The van der Waals surface area contributed by atoms with Gasteiger partial charge in [-0.3, -0.25) is 19.1 Å². The van der Waals surface area contributed by atoms with Crippen LogP contribution in [0.4, 0.5) is 11.6 Å². The summed E-state index contributed by atoms with van der Waals surface area (Å²) < 4.78 is 8.31. The van der Waals surface area contributed by atoms with Crippen molar-refractivity contribution in [3.63, 3.8) is 0 Å². The fraction of sp³-hybridized carbons (Fsp3) is 0.368. The van der Waals surface area contributed by atoms with Gasteiger partial charge in [-0.25, -0.2) is 4.79 Å². The predicted octanol–water partition coefficient (Wildman–Crippen LogP) is 0.690. The van der Waals surface area contributed by atoms with Crippen molar-refractivity contribution in [3.8, 4) is 0 Å². The average molecular weight is 398 g/mol. The molecule has 1 aliphatic rings. The Morgan fingerprint density at radius 2 is 2.14 bits per heavy atom. The minimum absolute atomic E-state index is 0.136. The Labute approximate surface area is 165 Å². The smallest absolute Gasteiger partial charge is 0.329 e. The Hall–Kier alpha value is -3.40. The fourth-order valence-electron chi connectivity index (χ4n) is 3.41. The highest BCUT2D eigenvalue weighted by Gasteiger charge is 2.23. The van der Waals surface area contributed by atoms with Gasteiger partial charge in [0.1, 0.15) is 6.10 Å². The van der Waals surface area contributed by atoms with Crippen LogP contribution in [-0.2, 0) is 30.2 Å². The first-order valence-electron chi connectivity index (χ1n) is 9.35. The van der Waals surface area contributed by atoms with Crippen molar-refractivity contribution in [3.05, 3.63) is 50.7 Å². The molecule has 1 fully saturated rings. The quantitative estimate of drug-likeness (QED) is 0.581. The monoisotopic (exact) mass is 398 g/mol. The number of aromatic nitrogens is 4. The van der Waals surface area contributed by atoms with E-state index in [4.69, 9.17) is 4.74 Å². The second-order valence-electron chi connectivity index (χ2n) is 7.03. The zero-order valence-electron chi connectivity index (χ0n) is 16.2. The number of aryl methyl sites for hydroxylation is 2. The third kappa shape index (κ3) is 3.66. The van der Waals surface area contributed by atoms with E-state index in [1.807, 2.05) is 24.3 Å². The molecule has 1 saturated heterocycles. The number of imidazole rings is 1. The molecule has 0 radical (unpaired) electrons. The topological polar surface area (TPSA) is 123 Å². The SMILES string of the molecule is Cn1c(NCc2cccc(NC(=O)C3CCCO3)c2)nc2c1c(=O)[nH]c(=O)n2C. The van der Waals surface area contributed by atoms with Crippen LogP contribution in [0.5, 0.6) is 0 Å². The highest BCUT2D eigenvalue weighted by Crippen LogP contribution is 2.18. The minimum Gasteiger partial charge on any atom is -0.368 e. The highest BCUT2D eigenvalue weighted by atomic mass is 16.5. The first-order valence-corrected chi connectivity index (χ1v) is 9.35. The Morgan fingerprint density at radius 1 is 1.31 bits per heavy atom. The van der Waals surface area contributed by atoms with Gasteiger partial charge >= 0.3 is 5.69 Å². The summed E-state index contributed by atoms with van der Waals surface area (Å²) in [6.45, 7) is 1.04. The van der Waals surface area contributed by atoms with Gasteiger partial charge in [0.05, 0.1) is 0 Å². The number of aromatic amines is 1. The van der Waals surface area contributed by atoms with Crippen molar-refractivity contribution in [1.29, 1.82) is 0 Å². The molecule has 0 bridgehead atoms. The molecule has 3 heterocycles. The summed E-state index contributed by atoms with van der Waals surface area (Å²) >= 11 is 0. The van der Waals surface area contributed by atoms with E-state index in [9.17, 15) is 14.4 Å². The number of ether oxygens (including phenoxy) is 1. The van der Waals surface area contributed by atoms with Crippen LogP contribution in [0.3, 0.4) is 0 Å². The number of hydrogen-bond acceptors (Lipinski definition) is 6. The summed E-state index contributed by atoms with van der Waals surface area (Å²) in [5, 5.41) is 6.05. The molecule has 10 heteroatoms. The molecule has 1 aliphatic heterocycles. The lowest BCUT2D eigenvalue weighted by Crippen LogP contribution is -2.29. The van der Waals surface area contributed by atoms with Crippen LogP contribution < -0.4 is 21.9 Å². The standard InChI is InChI=1S/C19H22N6O4/c1-24-14-15(25(2)19(28)23-17(14)27)22-18(24)20-10-11-5-3-6-12(9-11)21-16(26)13-7-4-8-29-13/h3,5-6,9,13H,4,7-8,10H2,1-2H3,(H,20,22)(H,21,26)(H,23,27,28). The van der Waals surface area contributed by atoms with Crippen LogP contribution in [0.15, 0.2) is 33.9 Å². The second-order valence-corrected chi connectivity index (χ2v) is 7.03. The van der Waals surface area contributed by atoms with Crippen molar-refractivity contribution in [2.45, 2.75) is 25.5 Å². The van der Waals surface area contributed by atoms with E-state index in [1.165, 1.54) is 4.57 Å². The van der Waals surface area contributed by atoms with Crippen LogP contribution in [-0.4, -0.2) is 37.7 Å². The predicted molar refractivity (Wildman–Crippen MR) is 108 cm³/mol. The van der Waals surface area contributed by atoms with E-state index >= 15 is 0 Å². The molecule has 152 valence electrons. The zero-order valence-corrected chi connectivity index (χ0v) is 16.2. The number of nitrogens with zero attached hydrogens (tertiary/aromatic N) is 3. The summed E-state index contributed by atoms with van der Waals surface area (Å²) in [7, 11) is 3.26. The summed E-state index contributed by atoms with van der Waals surface area (Å²) in [5.41, 5.74) is 1.24. The maximum atomic E-state index is 12.2.